The summed E-state index contributed by atoms with van der Waals surface area (Å²) in [5, 5.41) is 0. The largest absolute Gasteiger partial charge is 0.342 e. The van der Waals surface area contributed by atoms with Crippen molar-refractivity contribution in [1.29, 1.82) is 0 Å². The molecule has 0 radical (unpaired) electrons. The number of nitrogens with zero attached hydrogens (tertiary/aromatic N) is 1. The van der Waals surface area contributed by atoms with Gasteiger partial charge < -0.3 is 4.90 Å². The number of carbonyl (C=O) groups excluding carboxylic acids is 1. The normalized spacial score (nSPS) is 8.80. The monoisotopic (exact) mass is 181 g/mol. The van der Waals surface area contributed by atoms with E-state index < -0.39 is 0 Å². The SMILES string of the molecule is CC(=O)N(C)CC=C(Cl)Cl. The zero-order chi connectivity index (χ0) is 8.15. The van der Waals surface area contributed by atoms with Crippen LogP contribution in [0.2, 0.25) is 0 Å². The molecule has 0 rings (SSSR count). The van der Waals surface area contributed by atoms with Gasteiger partial charge in [0, 0.05) is 20.5 Å². The molecule has 0 aliphatic rings. The van der Waals surface area contributed by atoms with Crippen LogP contribution in [0, 0.1) is 0 Å². The van der Waals surface area contributed by atoms with Crippen molar-refractivity contribution in [3.8, 4) is 0 Å². The second-order valence-corrected chi connectivity index (χ2v) is 2.90. The highest BCUT2D eigenvalue weighted by Gasteiger charge is 1.97. The summed E-state index contributed by atoms with van der Waals surface area (Å²) < 4.78 is 0.188. The molecule has 0 bridgehead atoms. The van der Waals surface area contributed by atoms with Gasteiger partial charge in [0.2, 0.25) is 5.91 Å². The van der Waals surface area contributed by atoms with Gasteiger partial charge in [-0.05, 0) is 6.08 Å². The van der Waals surface area contributed by atoms with Crippen molar-refractivity contribution < 1.29 is 4.79 Å². The van der Waals surface area contributed by atoms with Crippen LogP contribution in [-0.2, 0) is 4.79 Å². The van der Waals surface area contributed by atoms with E-state index in [-0.39, 0.29) is 10.4 Å². The van der Waals surface area contributed by atoms with E-state index in [1.54, 1.807) is 13.1 Å². The number of amides is 1. The molecule has 0 aromatic rings. The first-order chi connectivity index (χ1) is 4.54. The van der Waals surface area contributed by atoms with Crippen LogP contribution in [0.15, 0.2) is 10.6 Å². The Morgan fingerprint density at radius 1 is 1.60 bits per heavy atom. The lowest BCUT2D eigenvalue weighted by atomic mass is 10.5. The van der Waals surface area contributed by atoms with Gasteiger partial charge in [-0.1, -0.05) is 23.2 Å². The van der Waals surface area contributed by atoms with Crippen LogP contribution in [0.1, 0.15) is 6.92 Å². The first-order valence-electron chi connectivity index (χ1n) is 2.77. The summed E-state index contributed by atoms with van der Waals surface area (Å²) in [4.78, 5) is 12.1. The van der Waals surface area contributed by atoms with Crippen molar-refractivity contribution in [2.45, 2.75) is 6.92 Å². The topological polar surface area (TPSA) is 20.3 Å². The number of hydrogen-bond acceptors (Lipinski definition) is 1. The molecule has 0 aromatic heterocycles. The maximum atomic E-state index is 10.6. The van der Waals surface area contributed by atoms with Crippen molar-refractivity contribution >= 4 is 29.1 Å². The van der Waals surface area contributed by atoms with Gasteiger partial charge in [0.1, 0.15) is 4.49 Å². The predicted octanol–water partition coefficient (Wildman–Crippen LogP) is 1.78. The molecule has 0 saturated heterocycles. The maximum absolute atomic E-state index is 10.6. The van der Waals surface area contributed by atoms with Crippen LogP contribution >= 0.6 is 23.2 Å². The average molecular weight is 182 g/mol. The summed E-state index contributed by atoms with van der Waals surface area (Å²) in [6.07, 6.45) is 1.56. The number of likely N-dealkylation sites (N-methyl/N-ethyl adjacent to an activating group) is 1. The number of rotatable bonds is 2. The maximum Gasteiger partial charge on any atom is 0.219 e. The van der Waals surface area contributed by atoms with Gasteiger partial charge in [-0.2, -0.15) is 0 Å². The van der Waals surface area contributed by atoms with Crippen LogP contribution in [0.5, 0.6) is 0 Å². The van der Waals surface area contributed by atoms with Gasteiger partial charge in [-0.25, -0.2) is 0 Å². The average Bonchev–Trinajstić information content (AvgIpc) is 1.82. The molecule has 0 aromatic carbocycles. The van der Waals surface area contributed by atoms with E-state index in [2.05, 4.69) is 0 Å². The predicted molar refractivity (Wildman–Crippen MR) is 43.1 cm³/mol. The first-order valence-corrected chi connectivity index (χ1v) is 3.52. The van der Waals surface area contributed by atoms with E-state index in [1.165, 1.54) is 11.8 Å². The summed E-state index contributed by atoms with van der Waals surface area (Å²) in [5.74, 6) is -0.00849. The standard InChI is InChI=1S/C6H9Cl2NO/c1-5(10)9(2)4-3-6(7)8/h3H,4H2,1-2H3. The molecule has 4 heteroatoms. The Hall–Kier alpha value is -0.210. The summed E-state index contributed by atoms with van der Waals surface area (Å²) in [6.45, 7) is 1.94. The lowest BCUT2D eigenvalue weighted by Crippen LogP contribution is -2.23. The Kier molecular flexibility index (Phi) is 4.49. The fourth-order valence-electron chi connectivity index (χ4n) is 0.334. The molecule has 0 spiro atoms. The van der Waals surface area contributed by atoms with Gasteiger partial charge in [-0.3, -0.25) is 4.79 Å². The number of halogens is 2. The summed E-state index contributed by atoms with van der Waals surface area (Å²) in [7, 11) is 1.68. The summed E-state index contributed by atoms with van der Waals surface area (Å²) >= 11 is 10.6. The third-order valence-corrected chi connectivity index (χ3v) is 1.37. The zero-order valence-electron chi connectivity index (χ0n) is 5.90. The minimum absolute atomic E-state index is 0.00849. The van der Waals surface area contributed by atoms with Crippen molar-refractivity contribution in [3.63, 3.8) is 0 Å². The number of hydrogen-bond donors (Lipinski definition) is 0. The molecular formula is C6H9Cl2NO. The van der Waals surface area contributed by atoms with Crippen molar-refractivity contribution in [2.24, 2.45) is 0 Å². The molecule has 1 amide bonds. The summed E-state index contributed by atoms with van der Waals surface area (Å²) in [5.41, 5.74) is 0. The molecule has 10 heavy (non-hydrogen) atoms. The van der Waals surface area contributed by atoms with Crippen molar-refractivity contribution in [2.75, 3.05) is 13.6 Å². The van der Waals surface area contributed by atoms with E-state index in [4.69, 9.17) is 23.2 Å². The highest BCUT2D eigenvalue weighted by Crippen LogP contribution is 2.05. The Bertz CT molecular complexity index is 152. The fraction of sp³-hybridized carbons (Fsp3) is 0.500. The molecule has 0 saturated carbocycles. The molecule has 0 atom stereocenters. The highest BCUT2D eigenvalue weighted by atomic mass is 35.5. The molecule has 58 valence electrons. The second-order valence-electron chi connectivity index (χ2n) is 1.89. The van der Waals surface area contributed by atoms with E-state index in [1.807, 2.05) is 0 Å². The van der Waals surface area contributed by atoms with E-state index >= 15 is 0 Å². The highest BCUT2D eigenvalue weighted by molar-refractivity contribution is 6.55. The number of carbonyl (C=O) groups is 1. The quantitative estimate of drug-likeness (QED) is 0.637. The van der Waals surface area contributed by atoms with Gasteiger partial charge in [0.25, 0.3) is 0 Å². The second kappa shape index (κ2) is 4.58. The van der Waals surface area contributed by atoms with Gasteiger partial charge in [0.15, 0.2) is 0 Å². The third kappa shape index (κ3) is 4.65. The van der Waals surface area contributed by atoms with E-state index in [0.717, 1.165) is 0 Å². The molecular weight excluding hydrogens is 173 g/mol. The molecule has 0 aliphatic carbocycles. The van der Waals surface area contributed by atoms with E-state index in [0.29, 0.717) is 6.54 Å². The van der Waals surface area contributed by atoms with Gasteiger partial charge in [-0.15, -0.1) is 0 Å². The van der Waals surface area contributed by atoms with Gasteiger partial charge in [0.05, 0.1) is 0 Å². The Balaban J connectivity index is 3.70. The van der Waals surface area contributed by atoms with Crippen LogP contribution in [0.3, 0.4) is 0 Å². The first kappa shape index (κ1) is 9.79. The minimum Gasteiger partial charge on any atom is -0.342 e. The lowest BCUT2D eigenvalue weighted by molar-refractivity contribution is -0.127. The minimum atomic E-state index is -0.00849. The lowest BCUT2D eigenvalue weighted by Gasteiger charge is -2.10. The molecule has 0 N–H and O–H groups in total. The Labute approximate surface area is 70.4 Å². The Morgan fingerprint density at radius 2 is 2.10 bits per heavy atom. The third-order valence-electron chi connectivity index (χ3n) is 1.06. The molecule has 2 nitrogen and oxygen atoms in total. The smallest absolute Gasteiger partial charge is 0.219 e. The van der Waals surface area contributed by atoms with Crippen LogP contribution < -0.4 is 0 Å². The van der Waals surface area contributed by atoms with Gasteiger partial charge >= 0.3 is 0 Å². The zero-order valence-corrected chi connectivity index (χ0v) is 7.41. The van der Waals surface area contributed by atoms with E-state index in [9.17, 15) is 4.79 Å². The molecule has 0 aliphatic heterocycles. The molecule has 0 heterocycles. The van der Waals surface area contributed by atoms with Crippen molar-refractivity contribution in [1.82, 2.24) is 4.90 Å². The van der Waals surface area contributed by atoms with Crippen LogP contribution in [0.25, 0.3) is 0 Å². The van der Waals surface area contributed by atoms with Crippen LogP contribution in [-0.4, -0.2) is 24.4 Å². The van der Waals surface area contributed by atoms with Crippen molar-refractivity contribution in [3.05, 3.63) is 10.6 Å². The summed E-state index contributed by atoms with van der Waals surface area (Å²) in [6, 6.07) is 0. The Morgan fingerprint density at radius 3 is 2.40 bits per heavy atom. The molecule has 0 fully saturated rings. The van der Waals surface area contributed by atoms with Crippen LogP contribution in [0.4, 0.5) is 0 Å². The molecule has 0 unspecified atom stereocenters. The fourth-order valence-corrected chi connectivity index (χ4v) is 0.473.